The van der Waals surface area contributed by atoms with Gasteiger partial charge in [0.1, 0.15) is 5.82 Å². The van der Waals surface area contributed by atoms with Gasteiger partial charge in [-0.1, -0.05) is 48.6 Å². The molecule has 0 saturated carbocycles. The minimum atomic E-state index is -2.29. The van der Waals surface area contributed by atoms with Crippen molar-refractivity contribution in [3.8, 4) is 0 Å². The van der Waals surface area contributed by atoms with E-state index in [1.54, 1.807) is 12.1 Å². The van der Waals surface area contributed by atoms with Crippen LogP contribution in [0.15, 0.2) is 100 Å². The molecule has 0 heterocycles. The molecule has 0 radical (unpaired) electrons. The second-order valence-corrected chi connectivity index (χ2v) is 15.9. The minimum absolute atomic E-state index is 0.189. The van der Waals surface area contributed by atoms with E-state index < -0.39 is 16.5 Å². The molecule has 4 heteroatoms. The van der Waals surface area contributed by atoms with Crippen molar-refractivity contribution in [3.05, 3.63) is 106 Å². The molecule has 0 atom stereocenters. The van der Waals surface area contributed by atoms with Crippen molar-refractivity contribution in [1.82, 2.24) is 0 Å². The molecule has 0 amide bonds. The molecule has 0 spiro atoms. The van der Waals surface area contributed by atoms with Crippen LogP contribution in [0.4, 0.5) is 10.1 Å². The second kappa shape index (κ2) is 11.6. The molecule has 0 bridgehead atoms. The number of hydrogen-bond acceptors (Lipinski definition) is 1. The van der Waals surface area contributed by atoms with E-state index in [1.165, 1.54) is 0 Å². The van der Waals surface area contributed by atoms with Crippen LogP contribution in [0.1, 0.15) is 0 Å². The molecule has 0 fully saturated rings. The lowest BCUT2D eigenvalue weighted by atomic mass is 10.3. The van der Waals surface area contributed by atoms with Crippen LogP contribution in [0, 0.1) is 5.82 Å². The molecule has 0 aliphatic heterocycles. The van der Waals surface area contributed by atoms with E-state index >= 15 is 4.39 Å². The van der Waals surface area contributed by atoms with Gasteiger partial charge in [0.05, 0.1) is 5.69 Å². The fraction of sp³-hybridized carbons (Fsp3) is 0.250. The lowest BCUT2D eigenvalue weighted by molar-refractivity contribution is 0.629. The van der Waals surface area contributed by atoms with E-state index in [2.05, 4.69) is 43.7 Å². The highest BCUT2D eigenvalue weighted by Gasteiger charge is 2.49. The number of hydrogen-bond donors (Lipinski definition) is 0. The zero-order chi connectivity index (χ0) is 21.0. The third kappa shape index (κ3) is 5.21. The molecule has 0 saturated heterocycles. The zero-order valence-corrected chi connectivity index (χ0v) is 19.1. The van der Waals surface area contributed by atoms with Gasteiger partial charge in [-0.25, -0.2) is 4.39 Å². The predicted octanol–water partition coefficient (Wildman–Crippen LogP) is 7.64. The van der Waals surface area contributed by atoms with Crippen LogP contribution in [-0.4, -0.2) is 16.5 Å². The van der Waals surface area contributed by atoms with Gasteiger partial charge in [0.25, 0.3) is 0 Å². The van der Waals surface area contributed by atoms with Crippen LogP contribution in [-0.2, 0) is 0 Å². The van der Waals surface area contributed by atoms with E-state index in [0.29, 0.717) is 5.69 Å². The van der Waals surface area contributed by atoms with Gasteiger partial charge < -0.3 is 4.23 Å². The SMILES string of the molecule is C=CC[Si](CC=C)(CC=C)N(c1ccccc1F)[Si](CC=C)(CC=C)CC=C. The standard InChI is InChI=1S/C24H34FNSi2/c1-7-17-27(18-8-2,19-9-3)26(24-16-14-13-15-23(24)25)28(20-10-4,21-11-5)22-12-6/h7-16H,1-6,17-22H2. The van der Waals surface area contributed by atoms with Crippen molar-refractivity contribution >= 4 is 22.2 Å². The first-order valence-electron chi connectivity index (χ1n) is 9.71. The average Bonchev–Trinajstić information content (AvgIpc) is 2.65. The van der Waals surface area contributed by atoms with Gasteiger partial charge in [0, 0.05) is 0 Å². The zero-order valence-electron chi connectivity index (χ0n) is 17.1. The summed E-state index contributed by atoms with van der Waals surface area (Å²) in [5, 5.41) is 0. The van der Waals surface area contributed by atoms with E-state index in [0.717, 1.165) is 36.3 Å². The number of benzene rings is 1. The average molecular weight is 412 g/mol. The Bertz CT molecular complexity index is 619. The van der Waals surface area contributed by atoms with Crippen LogP contribution < -0.4 is 4.23 Å². The highest BCUT2D eigenvalue weighted by molar-refractivity contribution is 7.03. The van der Waals surface area contributed by atoms with Crippen molar-refractivity contribution in [1.29, 1.82) is 0 Å². The fourth-order valence-electron chi connectivity index (χ4n) is 4.31. The van der Waals surface area contributed by atoms with Gasteiger partial charge in [0.15, 0.2) is 16.5 Å². The quantitative estimate of drug-likeness (QED) is 0.212. The number of allylic oxidation sites excluding steroid dienone is 6. The van der Waals surface area contributed by atoms with E-state index in [-0.39, 0.29) is 5.82 Å². The van der Waals surface area contributed by atoms with Crippen molar-refractivity contribution in [2.75, 3.05) is 4.23 Å². The third-order valence-corrected chi connectivity index (χ3v) is 16.7. The molecular weight excluding hydrogens is 377 g/mol. The Labute approximate surface area is 173 Å². The maximum absolute atomic E-state index is 15.2. The van der Waals surface area contributed by atoms with Crippen LogP contribution in [0.5, 0.6) is 0 Å². The van der Waals surface area contributed by atoms with Gasteiger partial charge >= 0.3 is 0 Å². The lowest BCUT2D eigenvalue weighted by Gasteiger charge is -2.54. The third-order valence-electron chi connectivity index (χ3n) is 5.19. The fourth-order valence-corrected chi connectivity index (χ4v) is 16.7. The Morgan fingerprint density at radius 2 is 0.964 bits per heavy atom. The van der Waals surface area contributed by atoms with Crippen molar-refractivity contribution in [2.24, 2.45) is 0 Å². The van der Waals surface area contributed by atoms with Crippen LogP contribution in [0.25, 0.3) is 0 Å². The summed E-state index contributed by atoms with van der Waals surface area (Å²) in [6, 6.07) is 12.1. The number of anilines is 1. The molecule has 0 aromatic heterocycles. The normalized spacial score (nSPS) is 11.3. The van der Waals surface area contributed by atoms with Gasteiger partial charge in [0.2, 0.25) is 0 Å². The minimum Gasteiger partial charge on any atom is -0.420 e. The first kappa shape index (κ1) is 23.9. The number of nitrogens with zero attached hydrogens (tertiary/aromatic N) is 1. The highest BCUT2D eigenvalue weighted by atomic mass is 28.4. The Balaban J connectivity index is 3.94. The molecule has 1 nitrogen and oxygen atoms in total. The smallest absolute Gasteiger partial charge is 0.159 e. The summed E-state index contributed by atoms with van der Waals surface area (Å²) in [6.45, 7) is 24.2. The summed E-state index contributed by atoms with van der Waals surface area (Å²) in [5.74, 6) is -0.189. The molecule has 0 aliphatic rings. The molecule has 150 valence electrons. The van der Waals surface area contributed by atoms with Gasteiger partial charge in [-0.2, -0.15) is 0 Å². The van der Waals surface area contributed by atoms with Crippen LogP contribution >= 0.6 is 0 Å². The molecule has 0 aliphatic carbocycles. The largest absolute Gasteiger partial charge is 0.420 e. The van der Waals surface area contributed by atoms with Crippen LogP contribution in [0.2, 0.25) is 36.3 Å². The first-order chi connectivity index (χ1) is 13.5. The second-order valence-electron chi connectivity index (χ2n) is 7.19. The first-order valence-corrected chi connectivity index (χ1v) is 14.8. The lowest BCUT2D eigenvalue weighted by Crippen LogP contribution is -2.67. The monoisotopic (exact) mass is 411 g/mol. The van der Waals surface area contributed by atoms with Crippen molar-refractivity contribution in [3.63, 3.8) is 0 Å². The van der Waals surface area contributed by atoms with E-state index in [9.17, 15) is 0 Å². The molecule has 1 rings (SSSR count). The topological polar surface area (TPSA) is 3.24 Å². The molecular formula is C24H34FNSi2. The summed E-state index contributed by atoms with van der Waals surface area (Å²) in [5.41, 5.74) is 0.678. The maximum atomic E-state index is 15.2. The molecule has 0 unspecified atom stereocenters. The molecule has 0 N–H and O–H groups in total. The van der Waals surface area contributed by atoms with Gasteiger partial charge in [-0.15, -0.1) is 39.5 Å². The Kier molecular flexibility index (Phi) is 9.90. The molecule has 1 aromatic rings. The van der Waals surface area contributed by atoms with Crippen LogP contribution in [0.3, 0.4) is 0 Å². The Hall–Kier alpha value is -2.18. The number of halogens is 1. The van der Waals surface area contributed by atoms with Crippen molar-refractivity contribution in [2.45, 2.75) is 36.3 Å². The summed E-state index contributed by atoms with van der Waals surface area (Å²) in [7, 11) is -4.57. The molecule has 1 aromatic carbocycles. The maximum Gasteiger partial charge on any atom is 0.159 e. The summed E-state index contributed by atoms with van der Waals surface area (Å²) < 4.78 is 17.7. The van der Waals surface area contributed by atoms with Gasteiger partial charge in [-0.3, -0.25) is 0 Å². The highest BCUT2D eigenvalue weighted by Crippen LogP contribution is 2.42. The van der Waals surface area contributed by atoms with Gasteiger partial charge in [-0.05, 0) is 48.4 Å². The number of rotatable bonds is 15. The molecule has 28 heavy (non-hydrogen) atoms. The Morgan fingerprint density at radius 1 is 0.643 bits per heavy atom. The number of para-hydroxylation sites is 1. The van der Waals surface area contributed by atoms with Crippen molar-refractivity contribution < 1.29 is 4.39 Å². The summed E-state index contributed by atoms with van der Waals surface area (Å²) >= 11 is 0. The predicted molar refractivity (Wildman–Crippen MR) is 130 cm³/mol. The summed E-state index contributed by atoms with van der Waals surface area (Å²) in [6.07, 6.45) is 11.8. The van der Waals surface area contributed by atoms with E-state index in [1.807, 2.05) is 48.6 Å². The Morgan fingerprint density at radius 3 is 1.25 bits per heavy atom. The summed E-state index contributed by atoms with van der Waals surface area (Å²) in [4.78, 5) is 0. The van der Waals surface area contributed by atoms with E-state index in [4.69, 9.17) is 0 Å².